The number of anilines is 1. The molecule has 0 amide bonds. The molecule has 0 radical (unpaired) electrons. The molecule has 0 fully saturated rings. The fourth-order valence-electron chi connectivity index (χ4n) is 2.24. The Bertz CT molecular complexity index is 812. The lowest BCUT2D eigenvalue weighted by Gasteiger charge is -2.36. The molecule has 0 saturated carbocycles. The zero-order valence-corrected chi connectivity index (χ0v) is 19.2. The van der Waals surface area contributed by atoms with Crippen LogP contribution in [0.5, 0.6) is 5.75 Å². The molecular formula is C24H33NO3Si. The molecule has 0 atom stereocenters. The van der Waals surface area contributed by atoms with Crippen LogP contribution in [0.4, 0.5) is 5.69 Å². The number of nitrogen functional groups attached to an aromatic ring is 1. The van der Waals surface area contributed by atoms with E-state index >= 15 is 0 Å². The quantitative estimate of drug-likeness (QED) is 0.285. The first-order valence-corrected chi connectivity index (χ1v) is 12.9. The Kier molecular flexibility index (Phi) is 8.33. The summed E-state index contributed by atoms with van der Waals surface area (Å²) in [5.74, 6) is 7.07. The molecule has 2 aromatic rings. The Hall–Kier alpha value is -2.26. The lowest BCUT2D eigenvalue weighted by Crippen LogP contribution is -2.41. The van der Waals surface area contributed by atoms with Gasteiger partial charge in [0.1, 0.15) is 12.4 Å². The Morgan fingerprint density at radius 1 is 0.793 bits per heavy atom. The highest BCUT2D eigenvalue weighted by molar-refractivity contribution is 6.74. The van der Waals surface area contributed by atoms with Gasteiger partial charge in [0.2, 0.25) is 0 Å². The summed E-state index contributed by atoms with van der Waals surface area (Å²) in [5.41, 5.74) is 8.30. The van der Waals surface area contributed by atoms with E-state index in [0.29, 0.717) is 26.4 Å². The van der Waals surface area contributed by atoms with Gasteiger partial charge in [0.05, 0.1) is 19.8 Å². The van der Waals surface area contributed by atoms with E-state index in [1.54, 1.807) is 0 Å². The van der Waals surface area contributed by atoms with Crippen molar-refractivity contribution in [1.29, 1.82) is 0 Å². The average molecular weight is 412 g/mol. The summed E-state index contributed by atoms with van der Waals surface area (Å²) in [6.07, 6.45) is 0. The van der Waals surface area contributed by atoms with Crippen molar-refractivity contribution in [2.24, 2.45) is 0 Å². The highest BCUT2D eigenvalue weighted by Gasteiger charge is 2.36. The number of ether oxygens (including phenoxy) is 2. The topological polar surface area (TPSA) is 53.7 Å². The van der Waals surface area contributed by atoms with Gasteiger partial charge in [0, 0.05) is 16.8 Å². The van der Waals surface area contributed by atoms with Crippen LogP contribution >= 0.6 is 0 Å². The third-order valence-corrected chi connectivity index (χ3v) is 9.65. The number of benzene rings is 2. The number of nitrogens with two attached hydrogens (primary N) is 1. The summed E-state index contributed by atoms with van der Waals surface area (Å²) < 4.78 is 17.4. The van der Waals surface area contributed by atoms with Crippen LogP contribution in [0, 0.1) is 11.8 Å². The van der Waals surface area contributed by atoms with Crippen molar-refractivity contribution >= 4 is 14.0 Å². The summed E-state index contributed by atoms with van der Waals surface area (Å²) in [4.78, 5) is 0. The second-order valence-corrected chi connectivity index (χ2v) is 13.3. The van der Waals surface area contributed by atoms with Gasteiger partial charge in [-0.3, -0.25) is 0 Å². The number of hydrogen-bond acceptors (Lipinski definition) is 4. The molecule has 0 unspecified atom stereocenters. The van der Waals surface area contributed by atoms with Crippen LogP contribution in [-0.4, -0.2) is 34.7 Å². The van der Waals surface area contributed by atoms with Gasteiger partial charge in [0.15, 0.2) is 8.32 Å². The predicted octanol–water partition coefficient (Wildman–Crippen LogP) is 5.09. The smallest absolute Gasteiger partial charge is 0.192 e. The Balaban J connectivity index is 1.66. The van der Waals surface area contributed by atoms with Gasteiger partial charge in [0.25, 0.3) is 0 Å². The molecule has 0 spiro atoms. The molecule has 0 bridgehead atoms. The van der Waals surface area contributed by atoms with Gasteiger partial charge in [-0.15, -0.1) is 0 Å². The fourth-order valence-corrected chi connectivity index (χ4v) is 3.26. The largest absolute Gasteiger partial charge is 0.491 e. The molecule has 0 aliphatic heterocycles. The van der Waals surface area contributed by atoms with Crippen LogP contribution in [-0.2, 0) is 9.16 Å². The first-order valence-electron chi connectivity index (χ1n) is 9.99. The Morgan fingerprint density at radius 2 is 1.31 bits per heavy atom. The van der Waals surface area contributed by atoms with Crippen LogP contribution in [0.1, 0.15) is 31.9 Å². The van der Waals surface area contributed by atoms with Gasteiger partial charge in [-0.2, -0.15) is 0 Å². The van der Waals surface area contributed by atoms with Crippen LogP contribution in [0.3, 0.4) is 0 Å². The van der Waals surface area contributed by atoms with E-state index in [0.717, 1.165) is 22.6 Å². The average Bonchev–Trinajstić information content (AvgIpc) is 2.67. The number of hydrogen-bond donors (Lipinski definition) is 1. The SMILES string of the molecule is CC(C)(C)[Si](C)(C)OCCOCCOc1ccc(C#Cc2ccc(N)cc2)cc1. The minimum atomic E-state index is -1.69. The molecule has 4 nitrogen and oxygen atoms in total. The third kappa shape index (κ3) is 7.94. The molecule has 2 aromatic carbocycles. The molecule has 156 valence electrons. The third-order valence-electron chi connectivity index (χ3n) is 5.11. The minimum absolute atomic E-state index is 0.224. The van der Waals surface area contributed by atoms with Gasteiger partial charge in [-0.05, 0) is 66.7 Å². The van der Waals surface area contributed by atoms with E-state index in [1.807, 2.05) is 48.5 Å². The van der Waals surface area contributed by atoms with E-state index in [1.165, 1.54) is 0 Å². The highest BCUT2D eigenvalue weighted by atomic mass is 28.4. The van der Waals surface area contributed by atoms with Crippen LogP contribution in [0.15, 0.2) is 48.5 Å². The maximum atomic E-state index is 6.09. The summed E-state index contributed by atoms with van der Waals surface area (Å²) in [6.45, 7) is 13.5. The van der Waals surface area contributed by atoms with Gasteiger partial charge < -0.3 is 19.6 Å². The Labute approximate surface area is 176 Å². The lowest BCUT2D eigenvalue weighted by atomic mass is 10.1. The number of rotatable bonds is 8. The molecule has 5 heteroatoms. The summed E-state index contributed by atoms with van der Waals surface area (Å²) >= 11 is 0. The summed E-state index contributed by atoms with van der Waals surface area (Å²) in [6, 6.07) is 15.3. The molecule has 0 heterocycles. The molecular weight excluding hydrogens is 378 g/mol. The van der Waals surface area contributed by atoms with E-state index in [-0.39, 0.29) is 5.04 Å². The summed E-state index contributed by atoms with van der Waals surface area (Å²) in [7, 11) is -1.69. The van der Waals surface area contributed by atoms with Gasteiger partial charge in [-0.1, -0.05) is 32.6 Å². The minimum Gasteiger partial charge on any atom is -0.491 e. The van der Waals surface area contributed by atoms with Crippen molar-refractivity contribution < 1.29 is 13.9 Å². The van der Waals surface area contributed by atoms with Crippen LogP contribution < -0.4 is 10.5 Å². The first kappa shape index (κ1) is 23.0. The van der Waals surface area contributed by atoms with E-state index < -0.39 is 8.32 Å². The monoisotopic (exact) mass is 411 g/mol. The molecule has 0 saturated heterocycles. The van der Waals surface area contributed by atoms with E-state index in [2.05, 4.69) is 45.7 Å². The molecule has 29 heavy (non-hydrogen) atoms. The van der Waals surface area contributed by atoms with Crippen molar-refractivity contribution in [2.75, 3.05) is 32.2 Å². The van der Waals surface area contributed by atoms with Gasteiger partial charge in [-0.25, -0.2) is 0 Å². The zero-order chi connectivity index (χ0) is 21.3. The molecule has 2 N–H and O–H groups in total. The van der Waals surface area contributed by atoms with Crippen molar-refractivity contribution in [2.45, 2.75) is 38.9 Å². The zero-order valence-electron chi connectivity index (χ0n) is 18.2. The van der Waals surface area contributed by atoms with Crippen molar-refractivity contribution in [3.8, 4) is 17.6 Å². The van der Waals surface area contributed by atoms with Crippen LogP contribution in [0.25, 0.3) is 0 Å². The second kappa shape index (κ2) is 10.5. The summed E-state index contributed by atoms with van der Waals surface area (Å²) in [5, 5.41) is 0.224. The second-order valence-electron chi connectivity index (χ2n) is 8.47. The fraction of sp³-hybridized carbons (Fsp3) is 0.417. The maximum Gasteiger partial charge on any atom is 0.192 e. The lowest BCUT2D eigenvalue weighted by molar-refractivity contribution is 0.0730. The molecule has 0 aliphatic rings. The molecule has 0 aliphatic carbocycles. The van der Waals surface area contributed by atoms with Crippen LogP contribution in [0.2, 0.25) is 18.1 Å². The predicted molar refractivity (Wildman–Crippen MR) is 123 cm³/mol. The first-order chi connectivity index (χ1) is 13.7. The van der Waals surface area contributed by atoms with Gasteiger partial charge >= 0.3 is 0 Å². The van der Waals surface area contributed by atoms with E-state index in [9.17, 15) is 0 Å². The standard InChI is InChI=1S/C24H33NO3Si/c1-24(2,3)29(4,5)28-19-17-26-16-18-27-23-14-10-21(11-15-23)7-6-20-8-12-22(25)13-9-20/h8-15H,16-19,25H2,1-5H3. The highest BCUT2D eigenvalue weighted by Crippen LogP contribution is 2.36. The normalized spacial score (nSPS) is 11.6. The van der Waals surface area contributed by atoms with Crippen molar-refractivity contribution in [3.63, 3.8) is 0 Å². The van der Waals surface area contributed by atoms with Crippen molar-refractivity contribution in [3.05, 3.63) is 59.7 Å². The van der Waals surface area contributed by atoms with E-state index in [4.69, 9.17) is 19.6 Å². The Morgan fingerprint density at radius 3 is 1.86 bits per heavy atom. The molecule has 2 rings (SSSR count). The van der Waals surface area contributed by atoms with Crippen molar-refractivity contribution in [1.82, 2.24) is 0 Å². The maximum absolute atomic E-state index is 6.09. The molecule has 0 aromatic heterocycles.